The van der Waals surface area contributed by atoms with E-state index in [2.05, 4.69) is 10.7 Å². The number of hydrogen-bond acceptors (Lipinski definition) is 5. The number of hydrogen-bond donors (Lipinski definition) is 3. The van der Waals surface area contributed by atoms with Crippen LogP contribution in [0, 0.1) is 16.0 Å². The minimum atomic E-state index is -0.532. The summed E-state index contributed by atoms with van der Waals surface area (Å²) in [5.41, 5.74) is 2.83. The number of rotatable bonds is 6. The van der Waals surface area contributed by atoms with Crippen LogP contribution in [0.5, 0.6) is 0 Å². The molecule has 0 radical (unpaired) electrons. The summed E-state index contributed by atoms with van der Waals surface area (Å²) < 4.78 is 0. The number of carbonyl (C=O) groups is 1. The minimum absolute atomic E-state index is 0.130. The summed E-state index contributed by atoms with van der Waals surface area (Å²) in [7, 11) is 0. The van der Waals surface area contributed by atoms with Crippen molar-refractivity contribution < 1.29 is 9.72 Å². The number of nitrogens with one attached hydrogen (secondary N) is 2. The fourth-order valence-corrected chi connectivity index (χ4v) is 2.74. The Kier molecular flexibility index (Phi) is 5.10. The van der Waals surface area contributed by atoms with Crippen LogP contribution in [0.15, 0.2) is 18.2 Å². The monoisotopic (exact) mass is 292 g/mol. The molecule has 0 heterocycles. The lowest BCUT2D eigenvalue weighted by Crippen LogP contribution is -2.27. The molecule has 0 aromatic heterocycles. The van der Waals surface area contributed by atoms with E-state index in [1.165, 1.54) is 43.9 Å². The Hall–Kier alpha value is -2.15. The highest BCUT2D eigenvalue weighted by Gasteiger charge is 2.18. The minimum Gasteiger partial charge on any atom is -0.352 e. The highest BCUT2D eigenvalue weighted by molar-refractivity contribution is 6.00. The second-order valence-corrected chi connectivity index (χ2v) is 5.33. The van der Waals surface area contributed by atoms with Gasteiger partial charge in [0.25, 0.3) is 11.6 Å². The lowest BCUT2D eigenvalue weighted by atomic mass is 10.0. The second-order valence-electron chi connectivity index (χ2n) is 5.33. The predicted molar refractivity (Wildman–Crippen MR) is 79.8 cm³/mol. The zero-order valence-electron chi connectivity index (χ0n) is 11.8. The lowest BCUT2D eigenvalue weighted by molar-refractivity contribution is -0.384. The molecule has 1 aliphatic rings. The molecule has 2 rings (SSSR count). The van der Waals surface area contributed by atoms with Gasteiger partial charge in [-0.1, -0.05) is 25.7 Å². The first kappa shape index (κ1) is 15.2. The van der Waals surface area contributed by atoms with Crippen molar-refractivity contribution in [3.8, 4) is 0 Å². The van der Waals surface area contributed by atoms with E-state index < -0.39 is 4.92 Å². The number of nitro benzene ring substituents is 1. The quantitative estimate of drug-likeness (QED) is 0.423. The van der Waals surface area contributed by atoms with Gasteiger partial charge in [0, 0.05) is 18.7 Å². The smallest absolute Gasteiger partial charge is 0.270 e. The second kappa shape index (κ2) is 7.03. The number of benzene rings is 1. The van der Waals surface area contributed by atoms with Crippen molar-refractivity contribution in [2.24, 2.45) is 11.8 Å². The Labute approximate surface area is 123 Å². The molecule has 0 atom stereocenters. The largest absolute Gasteiger partial charge is 0.352 e. The Morgan fingerprint density at radius 1 is 1.38 bits per heavy atom. The van der Waals surface area contributed by atoms with Crippen LogP contribution in [-0.4, -0.2) is 17.4 Å². The van der Waals surface area contributed by atoms with E-state index in [0.717, 1.165) is 6.42 Å². The molecule has 0 saturated heterocycles. The molecule has 1 aromatic carbocycles. The van der Waals surface area contributed by atoms with Crippen molar-refractivity contribution in [3.63, 3.8) is 0 Å². The van der Waals surface area contributed by atoms with Gasteiger partial charge in [-0.25, -0.2) is 0 Å². The maximum Gasteiger partial charge on any atom is 0.270 e. The standard InChI is InChI=1S/C14H20N4O3/c15-17-13-6-5-11(18(20)21)9-12(13)14(19)16-8-7-10-3-1-2-4-10/h5-6,9-10,17H,1-4,7-8,15H2,(H,16,19). The van der Waals surface area contributed by atoms with Gasteiger partial charge < -0.3 is 10.7 Å². The molecular formula is C14H20N4O3. The van der Waals surface area contributed by atoms with E-state index in [9.17, 15) is 14.9 Å². The number of anilines is 1. The maximum atomic E-state index is 12.1. The van der Waals surface area contributed by atoms with Gasteiger partial charge in [-0.15, -0.1) is 0 Å². The Balaban J connectivity index is 1.99. The Bertz CT molecular complexity index is 527. The summed E-state index contributed by atoms with van der Waals surface area (Å²) in [5, 5.41) is 13.6. The number of nitrogens with two attached hydrogens (primary N) is 1. The zero-order chi connectivity index (χ0) is 15.2. The summed E-state index contributed by atoms with van der Waals surface area (Å²) in [5.74, 6) is 5.68. The summed E-state index contributed by atoms with van der Waals surface area (Å²) in [6, 6.07) is 3.98. The van der Waals surface area contributed by atoms with Gasteiger partial charge in [0.2, 0.25) is 0 Å². The molecule has 0 spiro atoms. The van der Waals surface area contributed by atoms with Crippen LogP contribution in [0.1, 0.15) is 42.5 Å². The molecule has 1 aromatic rings. The molecule has 1 saturated carbocycles. The molecule has 0 unspecified atom stereocenters. The van der Waals surface area contributed by atoms with Gasteiger partial charge in [-0.3, -0.25) is 20.8 Å². The van der Waals surface area contributed by atoms with Crippen molar-refractivity contribution in [1.29, 1.82) is 0 Å². The van der Waals surface area contributed by atoms with Crippen molar-refractivity contribution in [1.82, 2.24) is 5.32 Å². The SMILES string of the molecule is NNc1ccc([N+](=O)[O-])cc1C(=O)NCCC1CCCC1. The average Bonchev–Trinajstić information content (AvgIpc) is 2.99. The number of non-ortho nitro benzene ring substituents is 1. The summed E-state index contributed by atoms with van der Waals surface area (Å²) in [4.78, 5) is 22.4. The number of nitrogens with zero attached hydrogens (tertiary/aromatic N) is 1. The first-order chi connectivity index (χ1) is 10.1. The van der Waals surface area contributed by atoms with Gasteiger partial charge in [0.05, 0.1) is 16.2 Å². The highest BCUT2D eigenvalue weighted by Crippen LogP contribution is 2.27. The average molecular weight is 292 g/mol. The van der Waals surface area contributed by atoms with Crippen LogP contribution in [0.25, 0.3) is 0 Å². The van der Waals surface area contributed by atoms with E-state index in [1.807, 2.05) is 0 Å². The van der Waals surface area contributed by atoms with Crippen LogP contribution < -0.4 is 16.6 Å². The maximum absolute atomic E-state index is 12.1. The van der Waals surface area contributed by atoms with Crippen molar-refractivity contribution >= 4 is 17.3 Å². The van der Waals surface area contributed by atoms with E-state index in [0.29, 0.717) is 18.2 Å². The van der Waals surface area contributed by atoms with Crippen LogP contribution in [0.3, 0.4) is 0 Å². The van der Waals surface area contributed by atoms with Crippen molar-refractivity contribution in [3.05, 3.63) is 33.9 Å². The molecule has 1 aliphatic carbocycles. The number of nitrogen functional groups attached to an aromatic ring is 1. The molecule has 0 bridgehead atoms. The van der Waals surface area contributed by atoms with E-state index in [4.69, 9.17) is 5.84 Å². The predicted octanol–water partition coefficient (Wildman–Crippen LogP) is 2.19. The van der Waals surface area contributed by atoms with Crippen LogP contribution in [0.2, 0.25) is 0 Å². The third-order valence-electron chi connectivity index (χ3n) is 3.93. The fourth-order valence-electron chi connectivity index (χ4n) is 2.74. The van der Waals surface area contributed by atoms with Gasteiger partial charge >= 0.3 is 0 Å². The van der Waals surface area contributed by atoms with Gasteiger partial charge in [-0.05, 0) is 18.4 Å². The molecular weight excluding hydrogens is 272 g/mol. The van der Waals surface area contributed by atoms with Crippen LogP contribution in [-0.2, 0) is 0 Å². The third-order valence-corrected chi connectivity index (χ3v) is 3.93. The molecule has 1 amide bonds. The van der Waals surface area contributed by atoms with E-state index in [1.54, 1.807) is 0 Å². The number of amides is 1. The van der Waals surface area contributed by atoms with Gasteiger partial charge in [0.15, 0.2) is 0 Å². The van der Waals surface area contributed by atoms with Crippen LogP contribution in [0.4, 0.5) is 11.4 Å². The third kappa shape index (κ3) is 3.91. The topological polar surface area (TPSA) is 110 Å². The highest BCUT2D eigenvalue weighted by atomic mass is 16.6. The van der Waals surface area contributed by atoms with E-state index >= 15 is 0 Å². The number of hydrazine groups is 1. The summed E-state index contributed by atoms with van der Waals surface area (Å²) in [6.45, 7) is 0.580. The van der Waals surface area contributed by atoms with E-state index in [-0.39, 0.29) is 17.2 Å². The number of nitro groups is 1. The summed E-state index contributed by atoms with van der Waals surface area (Å²) in [6.07, 6.45) is 5.94. The lowest BCUT2D eigenvalue weighted by Gasteiger charge is -2.12. The number of carbonyl (C=O) groups excluding carboxylic acids is 1. The molecule has 21 heavy (non-hydrogen) atoms. The molecule has 114 valence electrons. The Morgan fingerprint density at radius 2 is 2.10 bits per heavy atom. The van der Waals surface area contributed by atoms with Crippen LogP contribution >= 0.6 is 0 Å². The fraction of sp³-hybridized carbons (Fsp3) is 0.500. The zero-order valence-corrected chi connectivity index (χ0v) is 11.8. The summed E-state index contributed by atoms with van der Waals surface area (Å²) >= 11 is 0. The van der Waals surface area contributed by atoms with Gasteiger partial charge in [-0.2, -0.15) is 0 Å². The van der Waals surface area contributed by atoms with Gasteiger partial charge in [0.1, 0.15) is 0 Å². The first-order valence-electron chi connectivity index (χ1n) is 7.15. The first-order valence-corrected chi connectivity index (χ1v) is 7.15. The Morgan fingerprint density at radius 3 is 2.71 bits per heavy atom. The molecule has 4 N–H and O–H groups in total. The normalized spacial score (nSPS) is 14.9. The molecule has 7 heteroatoms. The van der Waals surface area contributed by atoms with Crippen molar-refractivity contribution in [2.75, 3.05) is 12.0 Å². The molecule has 7 nitrogen and oxygen atoms in total. The molecule has 1 fully saturated rings. The van der Waals surface area contributed by atoms with Crippen molar-refractivity contribution in [2.45, 2.75) is 32.1 Å². The molecule has 0 aliphatic heterocycles.